The minimum Gasteiger partial charge on any atom is -0.491 e. The fourth-order valence-electron chi connectivity index (χ4n) is 2.46. The van der Waals surface area contributed by atoms with Gasteiger partial charge >= 0.3 is 0 Å². The lowest BCUT2D eigenvalue weighted by atomic mass is 10.2. The van der Waals surface area contributed by atoms with Gasteiger partial charge in [0.25, 0.3) is 5.91 Å². The number of nitrogens with zero attached hydrogens (tertiary/aromatic N) is 1. The lowest BCUT2D eigenvalue weighted by Gasteiger charge is -2.10. The first kappa shape index (κ1) is 19.1. The number of benzene rings is 2. The van der Waals surface area contributed by atoms with Crippen LogP contribution in [0, 0.1) is 5.82 Å². The van der Waals surface area contributed by atoms with E-state index in [9.17, 15) is 9.18 Å². The van der Waals surface area contributed by atoms with Crippen molar-refractivity contribution in [2.75, 3.05) is 19.8 Å². The second-order valence-corrected chi connectivity index (χ2v) is 6.66. The highest BCUT2D eigenvalue weighted by molar-refractivity contribution is 9.10. The van der Waals surface area contributed by atoms with E-state index >= 15 is 0 Å². The summed E-state index contributed by atoms with van der Waals surface area (Å²) >= 11 is 3.16. The lowest BCUT2D eigenvalue weighted by Crippen LogP contribution is -2.30. The van der Waals surface area contributed by atoms with Crippen molar-refractivity contribution in [3.8, 4) is 11.5 Å². The number of nitrogens with one attached hydrogen (secondary N) is 1. The Morgan fingerprint density at radius 3 is 2.81 bits per heavy atom. The summed E-state index contributed by atoms with van der Waals surface area (Å²) in [6.45, 7) is 0.633. The molecule has 2 aromatic carbocycles. The van der Waals surface area contributed by atoms with E-state index in [1.165, 1.54) is 12.1 Å². The maximum atomic E-state index is 13.6. The van der Waals surface area contributed by atoms with Crippen LogP contribution in [0.4, 0.5) is 4.39 Å². The monoisotopic (exact) mass is 432 g/mol. The predicted octanol–water partition coefficient (Wildman–Crippen LogP) is 4.10. The Hall–Kier alpha value is -2.67. The lowest BCUT2D eigenvalue weighted by molar-refractivity contribution is -0.123. The summed E-state index contributed by atoms with van der Waals surface area (Å²) in [7, 11) is 0. The molecule has 3 rings (SSSR count). The molecule has 140 valence electrons. The fourth-order valence-corrected chi connectivity index (χ4v) is 2.79. The maximum absolute atomic E-state index is 13.6. The van der Waals surface area contributed by atoms with Crippen molar-refractivity contribution in [3.63, 3.8) is 0 Å². The second-order valence-electron chi connectivity index (χ2n) is 5.75. The highest BCUT2D eigenvalue weighted by Gasteiger charge is 2.07. The molecule has 0 unspecified atom stereocenters. The molecule has 1 N–H and O–H groups in total. The van der Waals surface area contributed by atoms with E-state index in [0.717, 1.165) is 10.9 Å². The predicted molar refractivity (Wildman–Crippen MR) is 104 cm³/mol. The first-order valence-corrected chi connectivity index (χ1v) is 9.24. The molecule has 0 saturated carbocycles. The van der Waals surface area contributed by atoms with E-state index in [1.54, 1.807) is 12.3 Å². The number of aromatic nitrogens is 1. The minimum atomic E-state index is -0.519. The quantitative estimate of drug-likeness (QED) is 0.544. The number of para-hydroxylation sites is 1. The van der Waals surface area contributed by atoms with Gasteiger partial charge in [0.2, 0.25) is 0 Å². The third-order valence-electron chi connectivity index (χ3n) is 3.75. The zero-order chi connectivity index (χ0) is 19.1. The third kappa shape index (κ3) is 5.40. The first-order valence-electron chi connectivity index (χ1n) is 8.44. The van der Waals surface area contributed by atoms with E-state index in [0.29, 0.717) is 29.8 Å². The normalized spacial score (nSPS) is 10.6. The zero-order valence-corrected chi connectivity index (χ0v) is 16.0. The number of pyridine rings is 1. The Balaban J connectivity index is 1.38. The number of halogens is 2. The zero-order valence-electron chi connectivity index (χ0n) is 14.5. The van der Waals surface area contributed by atoms with Crippen molar-refractivity contribution in [2.45, 2.75) is 6.42 Å². The molecule has 0 saturated heterocycles. The van der Waals surface area contributed by atoms with Crippen LogP contribution in [0.2, 0.25) is 0 Å². The topological polar surface area (TPSA) is 60.5 Å². The summed E-state index contributed by atoms with van der Waals surface area (Å²) in [6.07, 6.45) is 2.35. The largest absolute Gasteiger partial charge is 0.491 e. The molecule has 7 heteroatoms. The standard InChI is InChI=1S/C20H18BrFN2O3/c21-15-7-8-17(16(22)12-15)27-13-19(25)23-10-3-11-26-18-6-1-4-14-5-2-9-24-20(14)18/h1-2,4-9,12H,3,10-11,13H2,(H,23,25). The molecule has 1 aromatic heterocycles. The van der Waals surface area contributed by atoms with Gasteiger partial charge in [-0.3, -0.25) is 9.78 Å². The van der Waals surface area contributed by atoms with E-state index in [4.69, 9.17) is 9.47 Å². The Morgan fingerprint density at radius 1 is 1.11 bits per heavy atom. The van der Waals surface area contributed by atoms with Crippen molar-refractivity contribution < 1.29 is 18.7 Å². The maximum Gasteiger partial charge on any atom is 0.257 e. The van der Waals surface area contributed by atoms with Gasteiger partial charge in [0.05, 0.1) is 6.61 Å². The van der Waals surface area contributed by atoms with Gasteiger partial charge in [0.15, 0.2) is 18.2 Å². The van der Waals surface area contributed by atoms with Crippen molar-refractivity contribution in [1.29, 1.82) is 0 Å². The van der Waals surface area contributed by atoms with Gasteiger partial charge in [0.1, 0.15) is 11.3 Å². The summed E-state index contributed by atoms with van der Waals surface area (Å²) in [5.41, 5.74) is 0.814. The van der Waals surface area contributed by atoms with Crippen LogP contribution in [0.3, 0.4) is 0 Å². The first-order chi connectivity index (χ1) is 13.1. The van der Waals surface area contributed by atoms with Gasteiger partial charge in [0, 0.05) is 22.6 Å². The molecular formula is C20H18BrFN2O3. The van der Waals surface area contributed by atoms with E-state index in [1.807, 2.05) is 30.3 Å². The van der Waals surface area contributed by atoms with Gasteiger partial charge in [-0.1, -0.05) is 34.1 Å². The Bertz CT molecular complexity index is 931. The van der Waals surface area contributed by atoms with Crippen LogP contribution in [-0.2, 0) is 4.79 Å². The Morgan fingerprint density at radius 2 is 1.96 bits per heavy atom. The van der Waals surface area contributed by atoms with Crippen LogP contribution in [0.5, 0.6) is 11.5 Å². The van der Waals surface area contributed by atoms with Crippen LogP contribution in [0.15, 0.2) is 59.2 Å². The highest BCUT2D eigenvalue weighted by atomic mass is 79.9. The highest BCUT2D eigenvalue weighted by Crippen LogP contribution is 2.23. The van der Waals surface area contributed by atoms with Crippen molar-refractivity contribution in [2.24, 2.45) is 0 Å². The molecule has 1 heterocycles. The van der Waals surface area contributed by atoms with Crippen LogP contribution in [-0.4, -0.2) is 30.6 Å². The van der Waals surface area contributed by atoms with Crippen LogP contribution in [0.25, 0.3) is 10.9 Å². The molecule has 1 amide bonds. The summed E-state index contributed by atoms with van der Waals surface area (Å²) in [5, 5.41) is 3.73. The number of fused-ring (bicyclic) bond motifs is 1. The average molecular weight is 433 g/mol. The Labute approximate surface area is 164 Å². The molecule has 0 aliphatic carbocycles. The number of hydrogen-bond donors (Lipinski definition) is 1. The molecule has 0 spiro atoms. The van der Waals surface area contributed by atoms with Crippen LogP contribution >= 0.6 is 15.9 Å². The van der Waals surface area contributed by atoms with E-state index < -0.39 is 5.82 Å². The molecule has 0 radical (unpaired) electrons. The van der Waals surface area contributed by atoms with Crippen molar-refractivity contribution in [1.82, 2.24) is 10.3 Å². The number of carbonyl (C=O) groups is 1. The van der Waals surface area contributed by atoms with Crippen LogP contribution in [0.1, 0.15) is 6.42 Å². The summed E-state index contributed by atoms with van der Waals surface area (Å²) in [5.74, 6) is -0.0768. The molecule has 3 aromatic rings. The average Bonchev–Trinajstić information content (AvgIpc) is 2.67. The van der Waals surface area contributed by atoms with Crippen molar-refractivity contribution in [3.05, 3.63) is 65.0 Å². The number of amides is 1. The third-order valence-corrected chi connectivity index (χ3v) is 4.24. The number of hydrogen-bond acceptors (Lipinski definition) is 4. The molecule has 0 aliphatic rings. The van der Waals surface area contributed by atoms with Gasteiger partial charge < -0.3 is 14.8 Å². The van der Waals surface area contributed by atoms with E-state index in [2.05, 4.69) is 26.2 Å². The van der Waals surface area contributed by atoms with Gasteiger partial charge in [-0.25, -0.2) is 4.39 Å². The summed E-state index contributed by atoms with van der Waals surface area (Å²) in [4.78, 5) is 16.1. The van der Waals surface area contributed by atoms with Gasteiger partial charge in [-0.2, -0.15) is 0 Å². The Kier molecular flexibility index (Phi) is 6.59. The molecule has 0 bridgehead atoms. The van der Waals surface area contributed by atoms with Gasteiger partial charge in [-0.05, 0) is 36.8 Å². The summed E-state index contributed by atoms with van der Waals surface area (Å²) in [6, 6.07) is 14.0. The minimum absolute atomic E-state index is 0.0418. The van der Waals surface area contributed by atoms with E-state index in [-0.39, 0.29) is 18.3 Å². The number of carbonyl (C=O) groups excluding carboxylic acids is 1. The second kappa shape index (κ2) is 9.32. The fraction of sp³-hybridized carbons (Fsp3) is 0.200. The smallest absolute Gasteiger partial charge is 0.257 e. The number of rotatable bonds is 8. The molecule has 5 nitrogen and oxygen atoms in total. The molecule has 0 atom stereocenters. The molecule has 27 heavy (non-hydrogen) atoms. The SMILES string of the molecule is O=C(COc1ccc(Br)cc1F)NCCCOc1cccc2cccnc12. The summed E-state index contributed by atoms with van der Waals surface area (Å²) < 4.78 is 25.2. The molecule has 0 aliphatic heterocycles. The van der Waals surface area contributed by atoms with Crippen LogP contribution < -0.4 is 14.8 Å². The molecular weight excluding hydrogens is 415 g/mol. The molecule has 0 fully saturated rings. The van der Waals surface area contributed by atoms with Gasteiger partial charge in [-0.15, -0.1) is 0 Å². The number of ether oxygens (including phenoxy) is 2. The van der Waals surface area contributed by atoms with Crippen molar-refractivity contribution >= 4 is 32.7 Å².